The lowest BCUT2D eigenvalue weighted by Crippen LogP contribution is -2.14. The summed E-state index contributed by atoms with van der Waals surface area (Å²) in [4.78, 5) is 11.8. The second kappa shape index (κ2) is 6.85. The molecule has 0 bridgehead atoms. The van der Waals surface area contributed by atoms with Gasteiger partial charge < -0.3 is 15.0 Å². The number of rotatable bonds is 4. The molecular formula is C14H17ClN2O2. The van der Waals surface area contributed by atoms with Gasteiger partial charge in [-0.1, -0.05) is 30.3 Å². The Hall–Kier alpha value is -1.94. The van der Waals surface area contributed by atoms with Crippen LogP contribution in [0.25, 0.3) is 0 Å². The molecule has 0 saturated heterocycles. The Morgan fingerprint density at radius 1 is 1.26 bits per heavy atom. The van der Waals surface area contributed by atoms with Gasteiger partial charge in [-0.2, -0.15) is 0 Å². The summed E-state index contributed by atoms with van der Waals surface area (Å²) < 4.78 is 6.81. The molecule has 1 heterocycles. The summed E-state index contributed by atoms with van der Waals surface area (Å²) in [5.74, 6) is -0.379. The number of esters is 1. The maximum Gasteiger partial charge on any atom is 0.357 e. The van der Waals surface area contributed by atoms with E-state index in [2.05, 4.69) is 0 Å². The van der Waals surface area contributed by atoms with E-state index in [9.17, 15) is 4.79 Å². The second-order valence-corrected chi connectivity index (χ2v) is 3.95. The topological polar surface area (TPSA) is 57.2 Å². The first kappa shape index (κ1) is 15.1. The number of carbonyl (C=O) groups excluding carboxylic acids is 1. The van der Waals surface area contributed by atoms with E-state index < -0.39 is 0 Å². The molecule has 4 nitrogen and oxygen atoms in total. The summed E-state index contributed by atoms with van der Waals surface area (Å²) >= 11 is 0. The fraction of sp³-hybridized carbons (Fsp3) is 0.214. The number of ether oxygens (including phenoxy) is 1. The monoisotopic (exact) mass is 280 g/mol. The predicted molar refractivity (Wildman–Crippen MR) is 77.6 cm³/mol. The van der Waals surface area contributed by atoms with E-state index in [1.54, 1.807) is 19.2 Å². The van der Waals surface area contributed by atoms with E-state index in [0.29, 0.717) is 24.5 Å². The van der Waals surface area contributed by atoms with Gasteiger partial charge in [0.25, 0.3) is 0 Å². The maximum absolute atomic E-state index is 11.8. The van der Waals surface area contributed by atoms with Crippen LogP contribution in [0.4, 0.5) is 5.69 Å². The fourth-order valence-corrected chi connectivity index (χ4v) is 1.84. The minimum Gasteiger partial charge on any atom is -0.461 e. The molecule has 0 fully saturated rings. The zero-order chi connectivity index (χ0) is 13.0. The van der Waals surface area contributed by atoms with Gasteiger partial charge in [0.05, 0.1) is 12.3 Å². The van der Waals surface area contributed by atoms with Crippen LogP contribution in [0, 0.1) is 0 Å². The van der Waals surface area contributed by atoms with Crippen molar-refractivity contribution < 1.29 is 9.53 Å². The zero-order valence-corrected chi connectivity index (χ0v) is 11.5. The summed E-state index contributed by atoms with van der Waals surface area (Å²) in [7, 11) is 0. The van der Waals surface area contributed by atoms with Crippen molar-refractivity contribution in [2.24, 2.45) is 0 Å². The number of nitrogens with zero attached hydrogens (tertiary/aromatic N) is 1. The molecule has 0 aliphatic heterocycles. The molecule has 2 aromatic rings. The molecule has 0 unspecified atom stereocenters. The van der Waals surface area contributed by atoms with Crippen molar-refractivity contribution >= 4 is 24.1 Å². The molecular weight excluding hydrogens is 264 g/mol. The van der Waals surface area contributed by atoms with Crippen LogP contribution in [-0.4, -0.2) is 17.1 Å². The van der Waals surface area contributed by atoms with Crippen molar-refractivity contribution in [3.05, 3.63) is 53.9 Å². The highest BCUT2D eigenvalue weighted by atomic mass is 35.5. The van der Waals surface area contributed by atoms with Crippen LogP contribution in [0.3, 0.4) is 0 Å². The lowest BCUT2D eigenvalue weighted by Gasteiger charge is -2.09. The van der Waals surface area contributed by atoms with Gasteiger partial charge in [-0.15, -0.1) is 12.4 Å². The second-order valence-electron chi connectivity index (χ2n) is 3.95. The summed E-state index contributed by atoms with van der Waals surface area (Å²) in [6.07, 6.45) is 1.80. The standard InChI is InChI=1S/C14H16N2O2.ClH/c1-2-18-14(17)13-12(15)8-9-16(13)10-11-6-4-3-5-7-11;/h3-9H,2,10,15H2,1H3;1H. The maximum atomic E-state index is 11.8. The van der Waals surface area contributed by atoms with Gasteiger partial charge in [0.2, 0.25) is 0 Å². The molecule has 0 aliphatic carbocycles. The van der Waals surface area contributed by atoms with Crippen LogP contribution < -0.4 is 5.73 Å². The minimum absolute atomic E-state index is 0. The molecule has 0 radical (unpaired) electrons. The SMILES string of the molecule is CCOC(=O)c1c(N)ccn1Cc1ccccc1.Cl. The van der Waals surface area contributed by atoms with Crippen LogP contribution in [0.2, 0.25) is 0 Å². The number of benzene rings is 1. The van der Waals surface area contributed by atoms with Crippen LogP contribution in [0.1, 0.15) is 23.0 Å². The molecule has 0 amide bonds. The summed E-state index contributed by atoms with van der Waals surface area (Å²) in [5.41, 5.74) is 7.78. The molecule has 0 saturated carbocycles. The smallest absolute Gasteiger partial charge is 0.357 e. The van der Waals surface area contributed by atoms with Gasteiger partial charge in [-0.3, -0.25) is 0 Å². The lowest BCUT2D eigenvalue weighted by molar-refractivity contribution is 0.0516. The van der Waals surface area contributed by atoms with E-state index in [0.717, 1.165) is 5.56 Å². The third-order valence-electron chi connectivity index (χ3n) is 2.66. The molecule has 0 atom stereocenters. The highest BCUT2D eigenvalue weighted by molar-refractivity contribution is 5.93. The van der Waals surface area contributed by atoms with Crippen molar-refractivity contribution in [1.82, 2.24) is 4.57 Å². The molecule has 0 aliphatic rings. The normalized spacial score (nSPS) is 9.74. The highest BCUT2D eigenvalue weighted by Crippen LogP contribution is 2.16. The molecule has 19 heavy (non-hydrogen) atoms. The molecule has 0 spiro atoms. The number of halogens is 1. The highest BCUT2D eigenvalue weighted by Gasteiger charge is 2.16. The van der Waals surface area contributed by atoms with Gasteiger partial charge in [0.1, 0.15) is 0 Å². The van der Waals surface area contributed by atoms with Gasteiger partial charge in [-0.25, -0.2) is 4.79 Å². The Labute approximate surface area is 118 Å². The molecule has 1 aromatic heterocycles. The van der Waals surface area contributed by atoms with E-state index in [1.165, 1.54) is 0 Å². The Morgan fingerprint density at radius 2 is 1.95 bits per heavy atom. The minimum atomic E-state index is -0.379. The Bertz CT molecular complexity index is 538. The number of nitrogen functional groups attached to an aromatic ring is 1. The van der Waals surface area contributed by atoms with Crippen LogP contribution in [0.5, 0.6) is 0 Å². The van der Waals surface area contributed by atoms with E-state index in [-0.39, 0.29) is 18.4 Å². The average molecular weight is 281 g/mol. The number of aromatic nitrogens is 1. The number of anilines is 1. The average Bonchev–Trinajstić information content (AvgIpc) is 2.72. The van der Waals surface area contributed by atoms with Crippen LogP contribution in [0.15, 0.2) is 42.6 Å². The number of hydrogen-bond acceptors (Lipinski definition) is 3. The van der Waals surface area contributed by atoms with E-state index in [4.69, 9.17) is 10.5 Å². The summed E-state index contributed by atoms with van der Waals surface area (Å²) in [6, 6.07) is 11.6. The Kier molecular flexibility index (Phi) is 5.45. The van der Waals surface area contributed by atoms with Crippen LogP contribution in [-0.2, 0) is 11.3 Å². The van der Waals surface area contributed by atoms with Gasteiger partial charge >= 0.3 is 5.97 Å². The predicted octanol–water partition coefficient (Wildman–Crippen LogP) is 2.72. The summed E-state index contributed by atoms with van der Waals surface area (Å²) in [6.45, 7) is 2.72. The lowest BCUT2D eigenvalue weighted by atomic mass is 10.2. The van der Waals surface area contributed by atoms with Crippen molar-refractivity contribution in [2.75, 3.05) is 12.3 Å². The first-order chi connectivity index (χ1) is 8.72. The zero-order valence-electron chi connectivity index (χ0n) is 10.7. The quantitative estimate of drug-likeness (QED) is 0.876. The number of hydrogen-bond donors (Lipinski definition) is 1. The third kappa shape index (κ3) is 3.51. The van der Waals surface area contributed by atoms with Crippen molar-refractivity contribution in [2.45, 2.75) is 13.5 Å². The third-order valence-corrected chi connectivity index (χ3v) is 2.66. The van der Waals surface area contributed by atoms with E-state index >= 15 is 0 Å². The summed E-state index contributed by atoms with van der Waals surface area (Å²) in [5, 5.41) is 0. The van der Waals surface area contributed by atoms with Crippen LogP contribution >= 0.6 is 12.4 Å². The molecule has 2 N–H and O–H groups in total. The Balaban J connectivity index is 0.00000180. The number of nitrogens with two attached hydrogens (primary N) is 1. The number of carbonyl (C=O) groups is 1. The molecule has 5 heteroatoms. The van der Waals surface area contributed by atoms with Crippen molar-refractivity contribution in [1.29, 1.82) is 0 Å². The van der Waals surface area contributed by atoms with Gasteiger partial charge in [-0.05, 0) is 18.6 Å². The molecule has 2 rings (SSSR count). The first-order valence-electron chi connectivity index (χ1n) is 5.88. The van der Waals surface area contributed by atoms with E-state index in [1.807, 2.05) is 34.9 Å². The molecule has 102 valence electrons. The van der Waals surface area contributed by atoms with Crippen molar-refractivity contribution in [3.63, 3.8) is 0 Å². The Morgan fingerprint density at radius 3 is 2.58 bits per heavy atom. The fourth-order valence-electron chi connectivity index (χ4n) is 1.84. The van der Waals surface area contributed by atoms with Gasteiger partial charge in [0.15, 0.2) is 5.69 Å². The van der Waals surface area contributed by atoms with Crippen molar-refractivity contribution in [3.8, 4) is 0 Å². The molecule has 1 aromatic carbocycles. The van der Waals surface area contributed by atoms with Gasteiger partial charge in [0, 0.05) is 12.7 Å². The first-order valence-corrected chi connectivity index (χ1v) is 5.88. The largest absolute Gasteiger partial charge is 0.461 e.